The third-order valence-corrected chi connectivity index (χ3v) is 5.03. The molecule has 1 atom stereocenters. The number of imide groups is 1. The first-order valence-corrected chi connectivity index (χ1v) is 8.62. The Morgan fingerprint density at radius 1 is 1.38 bits per heavy atom. The molecule has 0 spiro atoms. The number of nitrogens with one attached hydrogen (secondary N) is 1. The van der Waals surface area contributed by atoms with Gasteiger partial charge in [0.15, 0.2) is 5.17 Å². The van der Waals surface area contributed by atoms with Crippen LogP contribution in [0.25, 0.3) is 0 Å². The van der Waals surface area contributed by atoms with E-state index in [1.165, 1.54) is 9.80 Å². The van der Waals surface area contributed by atoms with Crippen LogP contribution in [0.1, 0.15) is 6.92 Å². The van der Waals surface area contributed by atoms with Crippen LogP contribution in [0.2, 0.25) is 5.02 Å². The Kier molecular flexibility index (Phi) is 4.77. The molecule has 1 saturated heterocycles. The average molecular weight is 367 g/mol. The van der Waals surface area contributed by atoms with E-state index in [9.17, 15) is 14.4 Å². The van der Waals surface area contributed by atoms with Gasteiger partial charge in [-0.2, -0.15) is 0 Å². The number of carbonyl (C=O) groups is 3. The lowest BCUT2D eigenvalue weighted by atomic mass is 10.3. The van der Waals surface area contributed by atoms with Crippen molar-refractivity contribution in [3.63, 3.8) is 0 Å². The van der Waals surface area contributed by atoms with Gasteiger partial charge in [-0.15, -0.1) is 0 Å². The van der Waals surface area contributed by atoms with Crippen molar-refractivity contribution < 1.29 is 14.4 Å². The molecule has 0 saturated carbocycles. The minimum absolute atomic E-state index is 0.0126. The molecule has 0 aromatic heterocycles. The van der Waals surface area contributed by atoms with E-state index < -0.39 is 5.25 Å². The maximum Gasteiger partial charge on any atom is 0.324 e. The summed E-state index contributed by atoms with van der Waals surface area (Å²) in [6, 6.07) is 6.57. The highest BCUT2D eigenvalue weighted by Crippen LogP contribution is 2.31. The number of amidine groups is 1. The molecule has 4 amide bonds. The van der Waals surface area contributed by atoms with E-state index in [-0.39, 0.29) is 24.4 Å². The lowest BCUT2D eigenvalue weighted by Gasteiger charge is -2.22. The SMILES string of the molecule is C[C@@H](SC1=NCC(=O)N1c1ccccc1Cl)C(=O)N1CCNC1=O. The van der Waals surface area contributed by atoms with Crippen LogP contribution in [0, 0.1) is 0 Å². The molecule has 0 bridgehead atoms. The second-order valence-electron chi connectivity index (χ2n) is 5.26. The number of para-hydroxylation sites is 1. The molecule has 3 rings (SSSR count). The topological polar surface area (TPSA) is 82.1 Å². The van der Waals surface area contributed by atoms with Crippen molar-refractivity contribution in [2.75, 3.05) is 24.5 Å². The minimum atomic E-state index is -0.552. The Morgan fingerprint density at radius 2 is 2.12 bits per heavy atom. The molecule has 0 unspecified atom stereocenters. The molecule has 0 radical (unpaired) electrons. The van der Waals surface area contributed by atoms with E-state index in [0.717, 1.165) is 11.8 Å². The summed E-state index contributed by atoms with van der Waals surface area (Å²) in [5.41, 5.74) is 0.534. The van der Waals surface area contributed by atoms with Crippen LogP contribution in [0.3, 0.4) is 0 Å². The van der Waals surface area contributed by atoms with E-state index in [1.54, 1.807) is 31.2 Å². The fraction of sp³-hybridized carbons (Fsp3) is 0.333. The molecule has 7 nitrogen and oxygen atoms in total. The molecular weight excluding hydrogens is 352 g/mol. The van der Waals surface area contributed by atoms with Gasteiger partial charge in [0.2, 0.25) is 5.91 Å². The number of halogens is 1. The van der Waals surface area contributed by atoms with Gasteiger partial charge >= 0.3 is 6.03 Å². The van der Waals surface area contributed by atoms with E-state index in [0.29, 0.717) is 29.0 Å². The van der Waals surface area contributed by atoms with Gasteiger partial charge in [0.25, 0.3) is 5.91 Å². The standard InChI is InChI=1S/C15H15ClN4O3S/c1-9(13(22)19-7-6-17-14(19)23)24-15-18-8-12(21)20(15)11-5-3-2-4-10(11)16/h2-5,9H,6-8H2,1H3,(H,17,23)/t9-/m1/s1. The second kappa shape index (κ2) is 6.82. The third kappa shape index (κ3) is 3.11. The average Bonchev–Trinajstić information content (AvgIpc) is 3.13. The molecule has 2 heterocycles. The van der Waals surface area contributed by atoms with Crippen LogP contribution in [0.4, 0.5) is 10.5 Å². The van der Waals surface area contributed by atoms with Gasteiger partial charge in [0, 0.05) is 13.1 Å². The van der Waals surface area contributed by atoms with E-state index in [4.69, 9.17) is 11.6 Å². The Labute approximate surface area is 148 Å². The highest BCUT2D eigenvalue weighted by Gasteiger charge is 2.35. The van der Waals surface area contributed by atoms with Gasteiger partial charge in [-0.05, 0) is 19.1 Å². The minimum Gasteiger partial charge on any atom is -0.336 e. The summed E-state index contributed by atoms with van der Waals surface area (Å²) >= 11 is 7.32. The first-order valence-electron chi connectivity index (χ1n) is 7.37. The monoisotopic (exact) mass is 366 g/mol. The first kappa shape index (κ1) is 16.8. The van der Waals surface area contributed by atoms with Gasteiger partial charge in [-0.3, -0.25) is 24.4 Å². The number of hydrogen-bond donors (Lipinski definition) is 1. The maximum atomic E-state index is 12.4. The number of amides is 4. The molecule has 0 aliphatic carbocycles. The van der Waals surface area contributed by atoms with Gasteiger partial charge in [-0.25, -0.2) is 4.79 Å². The Balaban J connectivity index is 1.76. The van der Waals surface area contributed by atoms with Gasteiger partial charge in [0.1, 0.15) is 6.54 Å². The third-order valence-electron chi connectivity index (χ3n) is 3.64. The predicted molar refractivity (Wildman–Crippen MR) is 93.4 cm³/mol. The molecule has 1 aromatic carbocycles. The molecule has 9 heteroatoms. The van der Waals surface area contributed by atoms with Crippen LogP contribution < -0.4 is 10.2 Å². The van der Waals surface area contributed by atoms with Gasteiger partial charge < -0.3 is 5.32 Å². The summed E-state index contributed by atoms with van der Waals surface area (Å²) in [5.74, 6) is -0.514. The van der Waals surface area contributed by atoms with Crippen molar-refractivity contribution in [1.82, 2.24) is 10.2 Å². The number of rotatable bonds is 3. The summed E-state index contributed by atoms with van der Waals surface area (Å²) in [7, 11) is 0. The smallest absolute Gasteiger partial charge is 0.324 e. The molecule has 1 fully saturated rings. The van der Waals surface area contributed by atoms with Gasteiger partial charge in [0.05, 0.1) is 16.0 Å². The molecule has 24 heavy (non-hydrogen) atoms. The van der Waals surface area contributed by atoms with Crippen LogP contribution in [-0.2, 0) is 9.59 Å². The zero-order valence-electron chi connectivity index (χ0n) is 12.9. The van der Waals surface area contributed by atoms with Crippen LogP contribution in [0.15, 0.2) is 29.3 Å². The number of hydrogen-bond acceptors (Lipinski definition) is 5. The second-order valence-corrected chi connectivity index (χ2v) is 6.98. The normalized spacial score (nSPS) is 18.7. The number of carbonyl (C=O) groups excluding carboxylic acids is 3. The summed E-state index contributed by atoms with van der Waals surface area (Å²) in [6.07, 6.45) is 0. The fourth-order valence-corrected chi connectivity index (χ4v) is 3.66. The highest BCUT2D eigenvalue weighted by atomic mass is 35.5. The number of benzene rings is 1. The zero-order chi connectivity index (χ0) is 17.3. The highest BCUT2D eigenvalue weighted by molar-refractivity contribution is 8.15. The van der Waals surface area contributed by atoms with E-state index in [1.807, 2.05) is 0 Å². The van der Waals surface area contributed by atoms with Crippen molar-refractivity contribution in [3.8, 4) is 0 Å². The van der Waals surface area contributed by atoms with Crippen molar-refractivity contribution in [2.24, 2.45) is 4.99 Å². The number of thioether (sulfide) groups is 1. The molecule has 2 aliphatic rings. The van der Waals surface area contributed by atoms with Crippen molar-refractivity contribution in [3.05, 3.63) is 29.3 Å². The van der Waals surface area contributed by atoms with Crippen molar-refractivity contribution >= 4 is 52.1 Å². The summed E-state index contributed by atoms with van der Waals surface area (Å²) in [6.45, 7) is 2.50. The van der Waals surface area contributed by atoms with Crippen molar-refractivity contribution in [1.29, 1.82) is 0 Å². The summed E-state index contributed by atoms with van der Waals surface area (Å²) in [4.78, 5) is 43.0. The molecule has 2 aliphatic heterocycles. The lowest BCUT2D eigenvalue weighted by Crippen LogP contribution is -2.40. The number of aliphatic imine (C=N–C) groups is 1. The zero-order valence-corrected chi connectivity index (χ0v) is 14.4. The van der Waals surface area contributed by atoms with Crippen molar-refractivity contribution in [2.45, 2.75) is 12.2 Å². The lowest BCUT2D eigenvalue weighted by molar-refractivity contribution is -0.126. The van der Waals surface area contributed by atoms with Crippen LogP contribution in [-0.4, -0.2) is 52.8 Å². The van der Waals surface area contributed by atoms with Gasteiger partial charge in [-0.1, -0.05) is 35.5 Å². The molecule has 126 valence electrons. The molecule has 1 N–H and O–H groups in total. The maximum absolute atomic E-state index is 12.4. The molecule has 1 aromatic rings. The number of anilines is 1. The summed E-state index contributed by atoms with van der Waals surface area (Å²) < 4.78 is 0. The predicted octanol–water partition coefficient (Wildman–Crippen LogP) is 1.72. The van der Waals surface area contributed by atoms with Crippen LogP contribution in [0.5, 0.6) is 0 Å². The van der Waals surface area contributed by atoms with E-state index >= 15 is 0 Å². The number of nitrogens with zero attached hydrogens (tertiary/aromatic N) is 3. The van der Waals surface area contributed by atoms with Crippen LogP contribution >= 0.6 is 23.4 Å². The largest absolute Gasteiger partial charge is 0.336 e. The van der Waals surface area contributed by atoms with E-state index in [2.05, 4.69) is 10.3 Å². The Bertz CT molecular complexity index is 739. The quantitative estimate of drug-likeness (QED) is 0.883. The number of urea groups is 1. The molecular formula is C15H15ClN4O3S. The Hall–Kier alpha value is -2.06. The Morgan fingerprint density at radius 3 is 2.79 bits per heavy atom. The summed E-state index contributed by atoms with van der Waals surface area (Å²) in [5, 5.41) is 2.88. The first-order chi connectivity index (χ1) is 11.5. The fourth-order valence-electron chi connectivity index (χ4n) is 2.45.